The summed E-state index contributed by atoms with van der Waals surface area (Å²) >= 11 is 0. The zero-order valence-corrected chi connectivity index (χ0v) is 6.40. The Bertz CT molecular complexity index is 127. The SMILES string of the molecule is N[C@H]1CC[C@@]2(CCNC2)C1. The van der Waals surface area contributed by atoms with Crippen LogP contribution in [0.4, 0.5) is 0 Å². The van der Waals surface area contributed by atoms with E-state index in [0.29, 0.717) is 11.5 Å². The van der Waals surface area contributed by atoms with Crippen molar-refractivity contribution in [2.24, 2.45) is 11.1 Å². The molecular weight excluding hydrogens is 124 g/mol. The first-order valence-corrected chi connectivity index (χ1v) is 4.27. The van der Waals surface area contributed by atoms with Gasteiger partial charge in [0.1, 0.15) is 0 Å². The summed E-state index contributed by atoms with van der Waals surface area (Å²) in [6, 6.07) is 0.500. The maximum Gasteiger partial charge on any atom is 0.00448 e. The molecule has 0 bridgehead atoms. The van der Waals surface area contributed by atoms with Gasteiger partial charge in [-0.3, -0.25) is 0 Å². The van der Waals surface area contributed by atoms with Crippen molar-refractivity contribution in [3.05, 3.63) is 0 Å². The van der Waals surface area contributed by atoms with Gasteiger partial charge in [0.15, 0.2) is 0 Å². The Hall–Kier alpha value is -0.0800. The standard InChI is InChI=1S/C8H16N2/c9-7-1-2-8(5-7)3-4-10-6-8/h7,10H,1-6,9H2/t7-,8+/m0/s1. The number of nitrogens with two attached hydrogens (primary N) is 1. The van der Waals surface area contributed by atoms with E-state index in [4.69, 9.17) is 5.73 Å². The van der Waals surface area contributed by atoms with Gasteiger partial charge in [0.25, 0.3) is 0 Å². The molecule has 0 aromatic carbocycles. The minimum Gasteiger partial charge on any atom is -0.328 e. The zero-order valence-electron chi connectivity index (χ0n) is 6.40. The lowest BCUT2D eigenvalue weighted by Crippen LogP contribution is -2.23. The molecule has 2 fully saturated rings. The van der Waals surface area contributed by atoms with Crippen molar-refractivity contribution in [2.45, 2.75) is 31.7 Å². The molecule has 0 radical (unpaired) electrons. The second kappa shape index (κ2) is 2.21. The van der Waals surface area contributed by atoms with Gasteiger partial charge in [0, 0.05) is 12.6 Å². The van der Waals surface area contributed by atoms with Crippen molar-refractivity contribution in [1.29, 1.82) is 0 Å². The van der Waals surface area contributed by atoms with E-state index in [9.17, 15) is 0 Å². The van der Waals surface area contributed by atoms with Crippen LogP contribution in [-0.2, 0) is 0 Å². The van der Waals surface area contributed by atoms with Crippen molar-refractivity contribution in [1.82, 2.24) is 5.32 Å². The molecule has 0 aromatic rings. The van der Waals surface area contributed by atoms with Crippen molar-refractivity contribution in [3.8, 4) is 0 Å². The molecule has 0 unspecified atom stereocenters. The third kappa shape index (κ3) is 0.956. The fourth-order valence-electron chi connectivity index (χ4n) is 2.44. The van der Waals surface area contributed by atoms with Crippen molar-refractivity contribution >= 4 is 0 Å². The number of hydrogen-bond acceptors (Lipinski definition) is 2. The summed E-state index contributed by atoms with van der Waals surface area (Å²) in [6.07, 6.45) is 5.24. The predicted octanol–water partition coefficient (Wildman–Crippen LogP) is 0.477. The first kappa shape index (κ1) is 6.62. The summed E-state index contributed by atoms with van der Waals surface area (Å²) in [5.41, 5.74) is 6.49. The van der Waals surface area contributed by atoms with E-state index < -0.39 is 0 Å². The second-order valence-electron chi connectivity index (χ2n) is 3.93. The van der Waals surface area contributed by atoms with Gasteiger partial charge in [-0.15, -0.1) is 0 Å². The quantitative estimate of drug-likeness (QED) is 0.513. The summed E-state index contributed by atoms with van der Waals surface area (Å²) in [6.45, 7) is 2.44. The topological polar surface area (TPSA) is 38.0 Å². The van der Waals surface area contributed by atoms with Crippen LogP contribution in [0.15, 0.2) is 0 Å². The maximum atomic E-state index is 5.86. The molecule has 10 heavy (non-hydrogen) atoms. The van der Waals surface area contributed by atoms with Crippen LogP contribution in [0.3, 0.4) is 0 Å². The van der Waals surface area contributed by atoms with Gasteiger partial charge >= 0.3 is 0 Å². The van der Waals surface area contributed by atoms with Crippen LogP contribution in [0.1, 0.15) is 25.7 Å². The Morgan fingerprint density at radius 3 is 2.80 bits per heavy atom. The monoisotopic (exact) mass is 140 g/mol. The molecule has 1 saturated carbocycles. The van der Waals surface area contributed by atoms with Crippen molar-refractivity contribution in [3.63, 3.8) is 0 Å². The van der Waals surface area contributed by atoms with Crippen LogP contribution in [0.5, 0.6) is 0 Å². The normalized spacial score (nSPS) is 47.1. The first-order chi connectivity index (χ1) is 4.81. The molecule has 2 rings (SSSR count). The third-order valence-corrected chi connectivity index (χ3v) is 3.07. The van der Waals surface area contributed by atoms with E-state index in [1.807, 2.05) is 0 Å². The first-order valence-electron chi connectivity index (χ1n) is 4.27. The van der Waals surface area contributed by atoms with E-state index in [1.54, 1.807) is 0 Å². The smallest absolute Gasteiger partial charge is 0.00448 e. The maximum absolute atomic E-state index is 5.86. The summed E-state index contributed by atoms with van der Waals surface area (Å²) in [7, 11) is 0. The van der Waals surface area contributed by atoms with Gasteiger partial charge in [-0.1, -0.05) is 0 Å². The average Bonchev–Trinajstić information content (AvgIpc) is 2.46. The largest absolute Gasteiger partial charge is 0.328 e. The van der Waals surface area contributed by atoms with Gasteiger partial charge in [-0.2, -0.15) is 0 Å². The molecule has 1 aliphatic carbocycles. The highest BCUT2D eigenvalue weighted by molar-refractivity contribution is 4.95. The van der Waals surface area contributed by atoms with Crippen LogP contribution < -0.4 is 11.1 Å². The zero-order chi connectivity index (χ0) is 7.03. The number of hydrogen-bond donors (Lipinski definition) is 2. The van der Waals surface area contributed by atoms with Crippen LogP contribution in [0.25, 0.3) is 0 Å². The fourth-order valence-corrected chi connectivity index (χ4v) is 2.44. The van der Waals surface area contributed by atoms with E-state index >= 15 is 0 Å². The van der Waals surface area contributed by atoms with Gasteiger partial charge < -0.3 is 11.1 Å². The van der Waals surface area contributed by atoms with Gasteiger partial charge in [-0.05, 0) is 37.6 Å². The van der Waals surface area contributed by atoms with Crippen LogP contribution in [0.2, 0.25) is 0 Å². The summed E-state index contributed by atoms with van der Waals surface area (Å²) in [4.78, 5) is 0. The van der Waals surface area contributed by atoms with E-state index in [0.717, 1.165) is 0 Å². The minimum absolute atomic E-state index is 0.500. The molecule has 2 nitrogen and oxygen atoms in total. The lowest BCUT2D eigenvalue weighted by atomic mass is 9.85. The molecule has 58 valence electrons. The average molecular weight is 140 g/mol. The lowest BCUT2D eigenvalue weighted by Gasteiger charge is -2.20. The summed E-state index contributed by atoms with van der Waals surface area (Å²) < 4.78 is 0. The second-order valence-corrected chi connectivity index (χ2v) is 3.93. The van der Waals surface area contributed by atoms with Gasteiger partial charge in [-0.25, -0.2) is 0 Å². The van der Waals surface area contributed by atoms with Crippen LogP contribution in [0, 0.1) is 5.41 Å². The molecule has 2 heteroatoms. The minimum atomic E-state index is 0.500. The van der Waals surface area contributed by atoms with E-state index in [1.165, 1.54) is 38.8 Å². The fraction of sp³-hybridized carbons (Fsp3) is 1.00. The van der Waals surface area contributed by atoms with Crippen LogP contribution in [-0.4, -0.2) is 19.1 Å². The number of nitrogens with one attached hydrogen (secondary N) is 1. The van der Waals surface area contributed by atoms with Crippen LogP contribution >= 0.6 is 0 Å². The Labute approximate surface area is 62.2 Å². The van der Waals surface area contributed by atoms with E-state index in [-0.39, 0.29) is 0 Å². The summed E-state index contributed by atoms with van der Waals surface area (Å²) in [5.74, 6) is 0. The molecular formula is C8H16N2. The van der Waals surface area contributed by atoms with Gasteiger partial charge in [0.05, 0.1) is 0 Å². The molecule has 0 amide bonds. The van der Waals surface area contributed by atoms with Crippen molar-refractivity contribution in [2.75, 3.05) is 13.1 Å². The molecule has 1 aliphatic heterocycles. The highest BCUT2D eigenvalue weighted by atomic mass is 14.9. The van der Waals surface area contributed by atoms with Crippen molar-refractivity contribution < 1.29 is 0 Å². The Morgan fingerprint density at radius 1 is 1.40 bits per heavy atom. The highest BCUT2D eigenvalue weighted by Crippen LogP contribution is 2.41. The lowest BCUT2D eigenvalue weighted by molar-refractivity contribution is 0.331. The summed E-state index contributed by atoms with van der Waals surface area (Å²) in [5, 5.41) is 3.42. The predicted molar refractivity (Wildman–Crippen MR) is 41.7 cm³/mol. The Morgan fingerprint density at radius 2 is 2.30 bits per heavy atom. The molecule has 0 aromatic heterocycles. The number of rotatable bonds is 0. The molecule has 1 saturated heterocycles. The highest BCUT2D eigenvalue weighted by Gasteiger charge is 2.39. The Kier molecular flexibility index (Phi) is 1.46. The molecule has 1 heterocycles. The molecule has 2 atom stereocenters. The Balaban J connectivity index is 2.03. The molecule has 3 N–H and O–H groups in total. The molecule has 1 spiro atoms. The molecule has 2 aliphatic rings. The van der Waals surface area contributed by atoms with Gasteiger partial charge in [0.2, 0.25) is 0 Å². The van der Waals surface area contributed by atoms with E-state index in [2.05, 4.69) is 5.32 Å². The third-order valence-electron chi connectivity index (χ3n) is 3.07.